The van der Waals surface area contributed by atoms with Crippen molar-refractivity contribution < 1.29 is 22.8 Å². The molecule has 0 saturated carbocycles. The van der Waals surface area contributed by atoms with E-state index < -0.39 is 18.0 Å². The number of ketones is 1. The van der Waals surface area contributed by atoms with Crippen molar-refractivity contribution in [3.8, 4) is 0 Å². The first-order valence-electron chi connectivity index (χ1n) is 9.15. The Balaban J connectivity index is 1.75. The van der Waals surface area contributed by atoms with Crippen LogP contribution in [0.4, 0.5) is 23.7 Å². The highest BCUT2D eigenvalue weighted by Gasteiger charge is 2.41. The fourth-order valence-electron chi connectivity index (χ4n) is 3.23. The Morgan fingerprint density at radius 3 is 2.50 bits per heavy atom. The second-order valence-electron chi connectivity index (χ2n) is 7.28. The second-order valence-corrected chi connectivity index (χ2v) is 7.71. The van der Waals surface area contributed by atoms with Crippen molar-refractivity contribution >= 4 is 29.1 Å². The minimum atomic E-state index is -4.67. The molecule has 1 fully saturated rings. The van der Waals surface area contributed by atoms with Crippen molar-refractivity contribution in [3.63, 3.8) is 0 Å². The third kappa shape index (κ3) is 4.86. The van der Waals surface area contributed by atoms with Crippen LogP contribution in [0.15, 0.2) is 30.7 Å². The third-order valence-corrected chi connectivity index (χ3v) is 4.96. The van der Waals surface area contributed by atoms with Crippen LogP contribution in [0.1, 0.15) is 25.4 Å². The first-order valence-corrected chi connectivity index (χ1v) is 9.53. The predicted octanol–water partition coefficient (Wildman–Crippen LogP) is 3.62. The summed E-state index contributed by atoms with van der Waals surface area (Å²) in [4.78, 5) is 38.9. The van der Waals surface area contributed by atoms with Crippen LogP contribution in [-0.2, 0) is 17.4 Å². The first kappa shape index (κ1) is 21.9. The molecule has 7 nitrogen and oxygen atoms in total. The van der Waals surface area contributed by atoms with Gasteiger partial charge < -0.3 is 4.90 Å². The molecule has 0 aromatic carbocycles. The molecule has 0 spiro atoms. The zero-order valence-electron chi connectivity index (χ0n) is 16.2. The summed E-state index contributed by atoms with van der Waals surface area (Å²) in [6.45, 7) is 3.88. The molecule has 3 heterocycles. The highest BCUT2D eigenvalue weighted by molar-refractivity contribution is 6.30. The number of anilines is 1. The molecule has 0 aliphatic carbocycles. The van der Waals surface area contributed by atoms with E-state index in [9.17, 15) is 22.8 Å². The molecular formula is C19H19ClF3N5O2. The molecule has 0 N–H and O–H groups in total. The van der Waals surface area contributed by atoms with Crippen molar-refractivity contribution in [2.24, 2.45) is 5.92 Å². The molecule has 1 aliphatic heterocycles. The molecule has 0 bridgehead atoms. The molecule has 2 aromatic rings. The highest BCUT2D eigenvalue weighted by Crippen LogP contribution is 2.29. The lowest BCUT2D eigenvalue weighted by molar-refractivity contribution is -0.145. The summed E-state index contributed by atoms with van der Waals surface area (Å²) in [6.07, 6.45) is -1.23. The van der Waals surface area contributed by atoms with E-state index in [4.69, 9.17) is 11.6 Å². The van der Waals surface area contributed by atoms with Gasteiger partial charge in [0, 0.05) is 23.5 Å². The fraction of sp³-hybridized carbons (Fsp3) is 0.421. The van der Waals surface area contributed by atoms with Crippen LogP contribution < -0.4 is 4.90 Å². The molecule has 0 unspecified atom stereocenters. The Kier molecular flexibility index (Phi) is 6.25. The van der Waals surface area contributed by atoms with Crippen LogP contribution >= 0.6 is 11.6 Å². The van der Waals surface area contributed by atoms with Crippen molar-refractivity contribution in [1.82, 2.24) is 19.9 Å². The van der Waals surface area contributed by atoms with E-state index in [-0.39, 0.29) is 42.9 Å². The van der Waals surface area contributed by atoms with Gasteiger partial charge in [-0.3, -0.25) is 14.7 Å². The largest absolute Gasteiger partial charge is 0.451 e. The maximum atomic E-state index is 12.9. The van der Waals surface area contributed by atoms with Crippen molar-refractivity contribution in [1.29, 1.82) is 0 Å². The average molecular weight is 442 g/mol. The quantitative estimate of drug-likeness (QED) is 0.684. The number of hydrogen-bond acceptors (Lipinski definition) is 5. The summed E-state index contributed by atoms with van der Waals surface area (Å²) in [6, 6.07) is 2.40. The van der Waals surface area contributed by atoms with E-state index in [1.165, 1.54) is 16.0 Å². The Hall–Kier alpha value is -2.75. The van der Waals surface area contributed by atoms with E-state index in [1.54, 1.807) is 12.1 Å². The monoisotopic (exact) mass is 441 g/mol. The van der Waals surface area contributed by atoms with Gasteiger partial charge >= 0.3 is 12.2 Å². The molecule has 0 radical (unpaired) electrons. The number of urea groups is 1. The van der Waals surface area contributed by atoms with Gasteiger partial charge in [0.25, 0.3) is 0 Å². The van der Waals surface area contributed by atoms with Crippen LogP contribution in [0.25, 0.3) is 0 Å². The number of carbonyl (C=O) groups is 2. The standard InChI is InChI=1S/C19H19ClF3N5O2/c1-11(2)16-10-27(14-7-25-17(26-8-14)19(21,22)23)18(30)28(16)9-15(29)6-13-5-12(20)3-4-24-13/h3-5,7-8,11,16H,6,9-10H2,1-2H3/t16-/m1/s1. The first-order chi connectivity index (χ1) is 14.1. The number of hydrogen-bond donors (Lipinski definition) is 0. The summed E-state index contributed by atoms with van der Waals surface area (Å²) in [5.41, 5.74) is 0.637. The van der Waals surface area contributed by atoms with Crippen molar-refractivity contribution in [2.75, 3.05) is 18.0 Å². The van der Waals surface area contributed by atoms with Crippen LogP contribution in [0.3, 0.4) is 0 Å². The normalized spacial score (nSPS) is 17.2. The Morgan fingerprint density at radius 2 is 1.93 bits per heavy atom. The van der Waals surface area contributed by atoms with Gasteiger partial charge in [0.2, 0.25) is 5.82 Å². The van der Waals surface area contributed by atoms with E-state index in [0.717, 1.165) is 12.4 Å². The minimum absolute atomic E-state index is 0.0124. The van der Waals surface area contributed by atoms with Gasteiger partial charge in [-0.1, -0.05) is 25.4 Å². The molecule has 1 saturated heterocycles. The maximum absolute atomic E-state index is 12.9. The molecular weight excluding hydrogens is 423 g/mol. The summed E-state index contributed by atoms with van der Waals surface area (Å²) < 4.78 is 38.1. The minimum Gasteiger partial charge on any atom is -0.312 e. The van der Waals surface area contributed by atoms with E-state index >= 15 is 0 Å². The smallest absolute Gasteiger partial charge is 0.312 e. The Morgan fingerprint density at radius 1 is 1.27 bits per heavy atom. The van der Waals surface area contributed by atoms with E-state index in [0.29, 0.717) is 10.7 Å². The van der Waals surface area contributed by atoms with Gasteiger partial charge in [-0.2, -0.15) is 13.2 Å². The molecule has 1 atom stereocenters. The van der Waals surface area contributed by atoms with Gasteiger partial charge in [-0.05, 0) is 18.1 Å². The van der Waals surface area contributed by atoms with Crippen molar-refractivity contribution in [3.05, 3.63) is 47.3 Å². The SMILES string of the molecule is CC(C)[C@H]1CN(c2cnc(C(F)(F)F)nc2)C(=O)N1CC(=O)Cc1cc(Cl)ccn1. The maximum Gasteiger partial charge on any atom is 0.451 e. The number of pyridine rings is 1. The van der Waals surface area contributed by atoms with Gasteiger partial charge in [0.1, 0.15) is 0 Å². The molecule has 160 valence electrons. The summed E-state index contributed by atoms with van der Waals surface area (Å²) in [5, 5.41) is 0.457. The molecule has 2 amide bonds. The summed E-state index contributed by atoms with van der Waals surface area (Å²) in [5.74, 6) is -1.49. The van der Waals surface area contributed by atoms with Crippen LogP contribution in [0.5, 0.6) is 0 Å². The fourth-order valence-corrected chi connectivity index (χ4v) is 3.41. The number of halogens is 4. The topological polar surface area (TPSA) is 79.3 Å². The molecule has 3 rings (SSSR count). The van der Waals surface area contributed by atoms with Crippen LogP contribution in [0, 0.1) is 5.92 Å². The third-order valence-electron chi connectivity index (χ3n) is 4.72. The van der Waals surface area contributed by atoms with Crippen LogP contribution in [-0.4, -0.2) is 50.8 Å². The molecule has 1 aliphatic rings. The zero-order valence-corrected chi connectivity index (χ0v) is 17.0. The molecule has 30 heavy (non-hydrogen) atoms. The van der Waals surface area contributed by atoms with Gasteiger partial charge in [-0.15, -0.1) is 0 Å². The van der Waals surface area contributed by atoms with Crippen molar-refractivity contribution in [2.45, 2.75) is 32.5 Å². The predicted molar refractivity (Wildman–Crippen MR) is 103 cm³/mol. The summed E-state index contributed by atoms with van der Waals surface area (Å²) in [7, 11) is 0. The van der Waals surface area contributed by atoms with E-state index in [2.05, 4.69) is 15.0 Å². The Labute approximate surface area is 175 Å². The number of Topliss-reactive ketones (excluding diaryl/α,β-unsaturated/α-hetero) is 1. The number of aromatic nitrogens is 3. The van der Waals surface area contributed by atoms with Gasteiger partial charge in [0.15, 0.2) is 5.78 Å². The number of nitrogens with zero attached hydrogens (tertiary/aromatic N) is 5. The number of alkyl halides is 3. The summed E-state index contributed by atoms with van der Waals surface area (Å²) >= 11 is 5.91. The lowest BCUT2D eigenvalue weighted by Crippen LogP contribution is -2.41. The average Bonchev–Trinajstić information content (AvgIpc) is 2.98. The Bertz CT molecular complexity index is 937. The lowest BCUT2D eigenvalue weighted by atomic mass is 10.0. The van der Waals surface area contributed by atoms with Gasteiger partial charge in [0.05, 0.1) is 37.1 Å². The van der Waals surface area contributed by atoms with Gasteiger partial charge in [-0.25, -0.2) is 14.8 Å². The lowest BCUT2D eigenvalue weighted by Gasteiger charge is -2.25. The number of amides is 2. The van der Waals surface area contributed by atoms with Crippen LogP contribution in [0.2, 0.25) is 5.02 Å². The molecule has 2 aromatic heterocycles. The molecule has 11 heteroatoms. The highest BCUT2D eigenvalue weighted by atomic mass is 35.5. The number of rotatable bonds is 6. The second kappa shape index (κ2) is 8.55. The zero-order chi connectivity index (χ0) is 22.1. The number of carbonyl (C=O) groups excluding carboxylic acids is 2. The van der Waals surface area contributed by atoms with E-state index in [1.807, 2.05) is 13.8 Å².